The average molecular weight is 584 g/mol. The van der Waals surface area contributed by atoms with Crippen LogP contribution < -0.4 is 5.32 Å². The molecule has 0 saturated carbocycles. The molecule has 3 aliphatic rings. The Balaban J connectivity index is 1.11. The molecule has 2 aromatic rings. The van der Waals surface area contributed by atoms with Crippen LogP contribution >= 0.6 is 0 Å². The van der Waals surface area contributed by atoms with Gasteiger partial charge >= 0.3 is 12.3 Å². The van der Waals surface area contributed by atoms with Crippen molar-refractivity contribution < 1.29 is 27.5 Å². The predicted octanol–water partition coefficient (Wildman–Crippen LogP) is 4.80. The van der Waals surface area contributed by atoms with Crippen molar-refractivity contribution in [2.24, 2.45) is 0 Å². The highest BCUT2D eigenvalue weighted by Gasteiger charge is 2.52. The van der Waals surface area contributed by atoms with Crippen molar-refractivity contribution in [2.75, 3.05) is 32.7 Å². The highest BCUT2D eigenvalue weighted by molar-refractivity contribution is 5.94. The molecule has 1 N–H and O–H groups in total. The maximum absolute atomic E-state index is 12.9. The fraction of sp³-hybridized carbons (Fsp3) is 0.516. The first kappa shape index (κ1) is 29.9. The van der Waals surface area contributed by atoms with Crippen LogP contribution in [0.15, 0.2) is 48.5 Å². The fourth-order valence-electron chi connectivity index (χ4n) is 6.19. The van der Waals surface area contributed by atoms with E-state index < -0.39 is 17.3 Å². The number of hydrogen-bond acceptors (Lipinski definition) is 6. The summed E-state index contributed by atoms with van der Waals surface area (Å²) < 4.78 is 44.5. The van der Waals surface area contributed by atoms with Crippen molar-refractivity contribution in [1.29, 1.82) is 5.26 Å². The zero-order chi connectivity index (χ0) is 29.9. The number of piperidine rings is 2. The number of amides is 2. The topological polar surface area (TPSA) is 88.9 Å². The summed E-state index contributed by atoms with van der Waals surface area (Å²) in [4.78, 5) is 31.7. The summed E-state index contributed by atoms with van der Waals surface area (Å²) in [6.45, 7) is 6.26. The summed E-state index contributed by atoms with van der Waals surface area (Å²) in [5.74, 6) is -0.128. The average Bonchev–Trinajstić information content (AvgIpc) is 3.19. The Kier molecular flexibility index (Phi) is 8.76. The standard InChI is InChI=1S/C31H36F3N5O3/c1-22-30(12-17-38(18-13-30)20-23-4-8-26(9-5-23)31(32,33)34)42-29(41)39(22)21-24-2-6-25(7-3-24)28(40)36-27-10-15-37(16-11-27)19-14-35/h2-9,22,27H,10-13,15-21H2,1H3,(H,36,40). The second-order valence-corrected chi connectivity index (χ2v) is 11.6. The molecule has 1 unspecified atom stereocenters. The quantitative estimate of drug-likeness (QED) is 0.472. The van der Waals surface area contributed by atoms with E-state index in [0.717, 1.165) is 49.2 Å². The molecule has 42 heavy (non-hydrogen) atoms. The summed E-state index contributed by atoms with van der Waals surface area (Å²) in [6.07, 6.45) is -1.79. The highest BCUT2D eigenvalue weighted by atomic mass is 19.4. The molecule has 2 aromatic carbocycles. The van der Waals surface area contributed by atoms with Crippen LogP contribution in [0.1, 0.15) is 59.7 Å². The third-order valence-electron chi connectivity index (χ3n) is 8.93. The first-order valence-corrected chi connectivity index (χ1v) is 14.4. The molecular weight excluding hydrogens is 547 g/mol. The number of nitrogens with zero attached hydrogens (tertiary/aromatic N) is 4. The Bertz CT molecular complexity index is 1290. The molecule has 5 rings (SSSR count). The van der Waals surface area contributed by atoms with Gasteiger partial charge in [-0.3, -0.25) is 19.5 Å². The molecule has 3 heterocycles. The van der Waals surface area contributed by atoms with Gasteiger partial charge in [-0.2, -0.15) is 18.4 Å². The molecule has 3 fully saturated rings. The zero-order valence-corrected chi connectivity index (χ0v) is 23.7. The van der Waals surface area contributed by atoms with E-state index in [1.54, 1.807) is 17.0 Å². The Labute approximate surface area is 244 Å². The van der Waals surface area contributed by atoms with Crippen molar-refractivity contribution >= 4 is 12.0 Å². The van der Waals surface area contributed by atoms with E-state index in [9.17, 15) is 22.8 Å². The van der Waals surface area contributed by atoms with Crippen molar-refractivity contribution in [3.05, 3.63) is 70.8 Å². The number of likely N-dealkylation sites (tertiary alicyclic amines) is 2. The minimum atomic E-state index is -4.35. The monoisotopic (exact) mass is 583 g/mol. The minimum absolute atomic E-state index is 0.0879. The highest BCUT2D eigenvalue weighted by Crippen LogP contribution is 2.39. The Morgan fingerprint density at radius 3 is 2.17 bits per heavy atom. The molecule has 1 spiro atoms. The first-order chi connectivity index (χ1) is 20.1. The minimum Gasteiger partial charge on any atom is -0.440 e. The van der Waals surface area contributed by atoms with E-state index in [0.29, 0.717) is 51.1 Å². The number of carbonyl (C=O) groups excluding carboxylic acids is 2. The molecule has 1 atom stereocenters. The number of alkyl halides is 3. The summed E-state index contributed by atoms with van der Waals surface area (Å²) >= 11 is 0. The van der Waals surface area contributed by atoms with Gasteiger partial charge in [-0.1, -0.05) is 24.3 Å². The van der Waals surface area contributed by atoms with E-state index in [1.807, 2.05) is 19.1 Å². The summed E-state index contributed by atoms with van der Waals surface area (Å²) in [6, 6.07) is 14.6. The number of carbonyl (C=O) groups is 2. The largest absolute Gasteiger partial charge is 0.440 e. The van der Waals surface area contributed by atoms with Crippen molar-refractivity contribution in [1.82, 2.24) is 20.0 Å². The van der Waals surface area contributed by atoms with Gasteiger partial charge in [-0.15, -0.1) is 0 Å². The molecule has 0 bridgehead atoms. The van der Waals surface area contributed by atoms with Crippen molar-refractivity contribution in [3.63, 3.8) is 0 Å². The predicted molar refractivity (Wildman–Crippen MR) is 149 cm³/mol. The normalized spacial score (nSPS) is 21.7. The number of nitrogens with one attached hydrogen (secondary N) is 1. The van der Waals surface area contributed by atoms with Crippen LogP contribution in [0.25, 0.3) is 0 Å². The number of benzene rings is 2. The Hall–Kier alpha value is -3.62. The van der Waals surface area contributed by atoms with Crippen LogP contribution in [0.2, 0.25) is 0 Å². The number of nitriles is 1. The van der Waals surface area contributed by atoms with E-state index in [4.69, 9.17) is 10.00 Å². The lowest BCUT2D eigenvalue weighted by Crippen LogP contribution is -2.51. The van der Waals surface area contributed by atoms with Gasteiger partial charge < -0.3 is 10.1 Å². The second-order valence-electron chi connectivity index (χ2n) is 11.6. The van der Waals surface area contributed by atoms with Crippen LogP contribution in [-0.2, 0) is 24.0 Å². The molecule has 8 nitrogen and oxygen atoms in total. The van der Waals surface area contributed by atoms with E-state index in [1.165, 1.54) is 12.1 Å². The molecule has 3 saturated heterocycles. The van der Waals surface area contributed by atoms with Crippen LogP contribution in [0.5, 0.6) is 0 Å². The van der Waals surface area contributed by atoms with Crippen LogP contribution in [-0.4, -0.2) is 77.1 Å². The lowest BCUT2D eigenvalue weighted by Gasteiger charge is -2.40. The van der Waals surface area contributed by atoms with Crippen LogP contribution in [0.4, 0.5) is 18.0 Å². The second kappa shape index (κ2) is 12.3. The molecule has 0 radical (unpaired) electrons. The third kappa shape index (κ3) is 6.71. The molecule has 3 aliphatic heterocycles. The smallest absolute Gasteiger partial charge is 0.416 e. The lowest BCUT2D eigenvalue weighted by atomic mass is 9.84. The zero-order valence-electron chi connectivity index (χ0n) is 23.7. The third-order valence-corrected chi connectivity index (χ3v) is 8.93. The van der Waals surface area contributed by atoms with Gasteiger partial charge in [-0.05, 0) is 55.2 Å². The number of ether oxygens (including phenoxy) is 1. The molecule has 2 amide bonds. The maximum atomic E-state index is 12.9. The summed E-state index contributed by atoms with van der Waals surface area (Å²) in [5, 5.41) is 11.9. The van der Waals surface area contributed by atoms with Gasteiger partial charge in [-0.25, -0.2) is 4.79 Å². The van der Waals surface area contributed by atoms with Gasteiger partial charge in [0.05, 0.1) is 24.2 Å². The summed E-state index contributed by atoms with van der Waals surface area (Å²) in [7, 11) is 0. The van der Waals surface area contributed by atoms with Gasteiger partial charge in [0.25, 0.3) is 5.91 Å². The summed E-state index contributed by atoms with van der Waals surface area (Å²) in [5.41, 5.74) is 1.02. The van der Waals surface area contributed by atoms with Crippen molar-refractivity contribution in [2.45, 2.75) is 69.6 Å². The number of halogens is 3. The number of hydrogen-bond donors (Lipinski definition) is 1. The molecule has 11 heteroatoms. The van der Waals surface area contributed by atoms with Gasteiger partial charge in [0.2, 0.25) is 0 Å². The molecule has 224 valence electrons. The Morgan fingerprint density at radius 1 is 0.976 bits per heavy atom. The number of rotatable bonds is 7. The van der Waals surface area contributed by atoms with Gasteiger partial charge in [0, 0.05) is 63.7 Å². The van der Waals surface area contributed by atoms with E-state index in [-0.39, 0.29) is 24.1 Å². The van der Waals surface area contributed by atoms with E-state index in [2.05, 4.69) is 21.2 Å². The molecule has 0 aliphatic carbocycles. The van der Waals surface area contributed by atoms with Crippen molar-refractivity contribution in [3.8, 4) is 6.07 Å². The maximum Gasteiger partial charge on any atom is 0.416 e. The fourth-order valence-corrected chi connectivity index (χ4v) is 6.19. The molecule has 0 aromatic heterocycles. The first-order valence-electron chi connectivity index (χ1n) is 14.4. The Morgan fingerprint density at radius 2 is 1.57 bits per heavy atom. The van der Waals surface area contributed by atoms with Gasteiger partial charge in [0.15, 0.2) is 0 Å². The lowest BCUT2D eigenvalue weighted by molar-refractivity contribution is -0.137. The molecular formula is C31H36F3N5O3. The van der Waals surface area contributed by atoms with Crippen LogP contribution in [0, 0.1) is 11.3 Å². The SMILES string of the molecule is CC1N(Cc2ccc(C(=O)NC3CCN(CC#N)CC3)cc2)C(=O)OC12CCN(Cc1ccc(C(F)(F)F)cc1)CC2. The van der Waals surface area contributed by atoms with Gasteiger partial charge in [0.1, 0.15) is 5.60 Å². The van der Waals surface area contributed by atoms with E-state index >= 15 is 0 Å². The van der Waals surface area contributed by atoms with Crippen LogP contribution in [0.3, 0.4) is 0 Å².